The number of aryl methyl sites for hydroxylation is 1. The zero-order valence-electron chi connectivity index (χ0n) is 10.3. The molecule has 4 nitrogen and oxygen atoms in total. The summed E-state index contributed by atoms with van der Waals surface area (Å²) in [5.41, 5.74) is 6.46. The molecule has 18 heavy (non-hydrogen) atoms. The van der Waals surface area contributed by atoms with Gasteiger partial charge in [0.2, 0.25) is 5.91 Å². The number of rotatable bonds is 4. The van der Waals surface area contributed by atoms with Crippen LogP contribution in [0.2, 0.25) is 0 Å². The lowest BCUT2D eigenvalue weighted by atomic mass is 9.85. The number of amides is 1. The van der Waals surface area contributed by atoms with Gasteiger partial charge in [-0.05, 0) is 24.1 Å². The zero-order valence-corrected chi connectivity index (χ0v) is 10.3. The lowest BCUT2D eigenvalue weighted by Gasteiger charge is -2.38. The molecule has 1 aromatic carbocycles. The minimum absolute atomic E-state index is 0.0989. The monoisotopic (exact) mass is 252 g/mol. The summed E-state index contributed by atoms with van der Waals surface area (Å²) in [6, 6.07) is 4.79. The van der Waals surface area contributed by atoms with E-state index in [-0.39, 0.29) is 18.3 Å². The number of carbonyl (C=O) groups is 1. The first-order chi connectivity index (χ1) is 8.57. The molecular formula is C13H17FN2O2. The molecule has 3 N–H and O–H groups in total. The molecule has 0 saturated carbocycles. The molecule has 98 valence electrons. The Kier molecular flexibility index (Phi) is 3.63. The molecule has 0 radical (unpaired) electrons. The summed E-state index contributed by atoms with van der Waals surface area (Å²) in [7, 11) is 0. The van der Waals surface area contributed by atoms with Gasteiger partial charge in [0.1, 0.15) is 11.2 Å². The van der Waals surface area contributed by atoms with Crippen molar-refractivity contribution in [3.05, 3.63) is 35.1 Å². The molecule has 1 aliphatic heterocycles. The molecule has 1 saturated heterocycles. The molecule has 1 amide bonds. The minimum Gasteiger partial charge on any atom is -0.379 e. The summed E-state index contributed by atoms with van der Waals surface area (Å²) in [6.07, 6.45) is 0. The van der Waals surface area contributed by atoms with Crippen LogP contribution in [0.15, 0.2) is 18.2 Å². The first kappa shape index (κ1) is 13.0. The summed E-state index contributed by atoms with van der Waals surface area (Å²) in [4.78, 5) is 12.0. The molecular weight excluding hydrogens is 235 g/mol. The van der Waals surface area contributed by atoms with Crippen molar-refractivity contribution in [3.63, 3.8) is 0 Å². The molecule has 0 bridgehead atoms. The molecule has 0 aliphatic carbocycles. The van der Waals surface area contributed by atoms with Gasteiger partial charge in [0.05, 0.1) is 13.2 Å². The number of nitrogens with two attached hydrogens (primary N) is 1. The van der Waals surface area contributed by atoms with E-state index in [1.54, 1.807) is 19.1 Å². The lowest BCUT2D eigenvalue weighted by Crippen LogP contribution is -2.58. The van der Waals surface area contributed by atoms with E-state index in [0.717, 1.165) is 5.56 Å². The topological polar surface area (TPSA) is 64.4 Å². The average molecular weight is 252 g/mol. The largest absolute Gasteiger partial charge is 0.379 e. The van der Waals surface area contributed by atoms with Crippen LogP contribution in [0.25, 0.3) is 0 Å². The maximum absolute atomic E-state index is 13.1. The highest BCUT2D eigenvalue weighted by Crippen LogP contribution is 2.26. The van der Waals surface area contributed by atoms with Gasteiger partial charge in [0.25, 0.3) is 0 Å². The third-order valence-electron chi connectivity index (χ3n) is 3.30. The first-order valence-corrected chi connectivity index (χ1v) is 5.88. The van der Waals surface area contributed by atoms with Gasteiger partial charge in [-0.15, -0.1) is 0 Å². The van der Waals surface area contributed by atoms with Gasteiger partial charge in [-0.1, -0.05) is 12.1 Å². The van der Waals surface area contributed by atoms with Crippen molar-refractivity contribution in [2.45, 2.75) is 13.5 Å². The first-order valence-electron chi connectivity index (χ1n) is 5.88. The Labute approximate surface area is 105 Å². The number of halogens is 1. The van der Waals surface area contributed by atoms with Gasteiger partial charge < -0.3 is 15.8 Å². The average Bonchev–Trinajstić information content (AvgIpc) is 2.30. The maximum Gasteiger partial charge on any atom is 0.232 e. The standard InChI is InChI=1S/C13H17FN2O2/c1-9-4-10(2-3-11(9)14)5-16-12(17)13(6-15)7-18-8-13/h2-4H,5-8,15H2,1H3,(H,16,17). The Morgan fingerprint density at radius 1 is 1.56 bits per heavy atom. The Balaban J connectivity index is 1.95. The summed E-state index contributed by atoms with van der Waals surface area (Å²) >= 11 is 0. The fraction of sp³-hybridized carbons (Fsp3) is 0.462. The van der Waals surface area contributed by atoms with E-state index in [9.17, 15) is 9.18 Å². The quantitative estimate of drug-likeness (QED) is 0.830. The number of benzene rings is 1. The van der Waals surface area contributed by atoms with Crippen molar-refractivity contribution in [1.29, 1.82) is 0 Å². The number of nitrogens with one attached hydrogen (secondary N) is 1. The highest BCUT2D eigenvalue weighted by atomic mass is 19.1. The predicted molar refractivity (Wildman–Crippen MR) is 65.3 cm³/mol. The van der Waals surface area contributed by atoms with Crippen LogP contribution in [-0.2, 0) is 16.1 Å². The van der Waals surface area contributed by atoms with Crippen molar-refractivity contribution in [2.24, 2.45) is 11.1 Å². The van der Waals surface area contributed by atoms with Crippen LogP contribution in [0.4, 0.5) is 4.39 Å². The van der Waals surface area contributed by atoms with Gasteiger partial charge in [-0.2, -0.15) is 0 Å². The molecule has 1 aromatic rings. The van der Waals surface area contributed by atoms with Crippen LogP contribution in [0.5, 0.6) is 0 Å². The van der Waals surface area contributed by atoms with E-state index in [1.807, 2.05) is 0 Å². The van der Waals surface area contributed by atoms with E-state index >= 15 is 0 Å². The normalized spacial score (nSPS) is 17.1. The molecule has 0 aromatic heterocycles. The summed E-state index contributed by atoms with van der Waals surface area (Å²) < 4.78 is 18.1. The molecule has 2 rings (SSSR count). The van der Waals surface area contributed by atoms with Gasteiger partial charge >= 0.3 is 0 Å². The van der Waals surface area contributed by atoms with Crippen LogP contribution in [0.3, 0.4) is 0 Å². The van der Waals surface area contributed by atoms with Crippen molar-refractivity contribution in [1.82, 2.24) is 5.32 Å². The van der Waals surface area contributed by atoms with Crippen LogP contribution >= 0.6 is 0 Å². The van der Waals surface area contributed by atoms with Crippen molar-refractivity contribution in [3.8, 4) is 0 Å². The molecule has 0 unspecified atom stereocenters. The highest BCUT2D eigenvalue weighted by Gasteiger charge is 2.44. The minimum atomic E-state index is -0.574. The van der Waals surface area contributed by atoms with Crippen LogP contribution in [0, 0.1) is 18.2 Å². The Morgan fingerprint density at radius 3 is 2.78 bits per heavy atom. The Hall–Kier alpha value is -1.46. The van der Waals surface area contributed by atoms with Crippen LogP contribution < -0.4 is 11.1 Å². The summed E-state index contributed by atoms with van der Waals surface area (Å²) in [5.74, 6) is -0.339. The summed E-state index contributed by atoms with van der Waals surface area (Å²) in [5, 5.41) is 2.82. The van der Waals surface area contributed by atoms with Crippen LogP contribution in [-0.4, -0.2) is 25.7 Å². The summed E-state index contributed by atoms with van der Waals surface area (Å²) in [6.45, 7) is 3.10. The van der Waals surface area contributed by atoms with E-state index < -0.39 is 5.41 Å². The Bertz CT molecular complexity index is 453. The molecule has 1 aliphatic rings. The highest BCUT2D eigenvalue weighted by molar-refractivity contribution is 5.84. The van der Waals surface area contributed by atoms with Crippen molar-refractivity contribution < 1.29 is 13.9 Å². The molecule has 5 heteroatoms. The predicted octanol–water partition coefficient (Wildman–Crippen LogP) is 0.726. The number of hydrogen-bond donors (Lipinski definition) is 2. The second kappa shape index (κ2) is 5.04. The maximum atomic E-state index is 13.1. The zero-order chi connectivity index (χ0) is 13.2. The third-order valence-corrected chi connectivity index (χ3v) is 3.30. The number of hydrogen-bond acceptors (Lipinski definition) is 3. The second-order valence-electron chi connectivity index (χ2n) is 4.74. The van der Waals surface area contributed by atoms with Crippen LogP contribution in [0.1, 0.15) is 11.1 Å². The van der Waals surface area contributed by atoms with E-state index in [2.05, 4.69) is 5.32 Å². The SMILES string of the molecule is Cc1cc(CNC(=O)C2(CN)COC2)ccc1F. The molecule has 1 fully saturated rings. The van der Waals surface area contributed by atoms with Crippen molar-refractivity contribution >= 4 is 5.91 Å². The van der Waals surface area contributed by atoms with E-state index in [4.69, 9.17) is 10.5 Å². The number of ether oxygens (including phenoxy) is 1. The van der Waals surface area contributed by atoms with Crippen molar-refractivity contribution in [2.75, 3.05) is 19.8 Å². The number of carbonyl (C=O) groups excluding carboxylic acids is 1. The van der Waals surface area contributed by atoms with E-state index in [1.165, 1.54) is 6.07 Å². The lowest BCUT2D eigenvalue weighted by molar-refractivity contribution is -0.159. The van der Waals surface area contributed by atoms with Gasteiger partial charge in [0.15, 0.2) is 0 Å². The molecule has 0 spiro atoms. The van der Waals surface area contributed by atoms with Gasteiger partial charge in [0, 0.05) is 13.1 Å². The third kappa shape index (κ3) is 2.37. The molecule has 0 atom stereocenters. The Morgan fingerprint density at radius 2 is 2.28 bits per heavy atom. The fourth-order valence-electron chi connectivity index (χ4n) is 1.88. The second-order valence-corrected chi connectivity index (χ2v) is 4.74. The molecule has 1 heterocycles. The fourth-order valence-corrected chi connectivity index (χ4v) is 1.88. The van der Waals surface area contributed by atoms with Gasteiger partial charge in [-0.25, -0.2) is 4.39 Å². The van der Waals surface area contributed by atoms with E-state index in [0.29, 0.717) is 25.3 Å². The van der Waals surface area contributed by atoms with Gasteiger partial charge in [-0.3, -0.25) is 4.79 Å². The smallest absolute Gasteiger partial charge is 0.232 e.